The lowest BCUT2D eigenvalue weighted by Crippen LogP contribution is -2.39. The molecule has 0 spiro atoms. The minimum Gasteiger partial charge on any atom is -0.317 e. The highest BCUT2D eigenvalue weighted by Crippen LogP contribution is 2.10. The molecule has 0 aromatic heterocycles. The number of hydrogen-bond acceptors (Lipinski definition) is 2. The van der Waals surface area contributed by atoms with Crippen LogP contribution >= 0.6 is 36.4 Å². The van der Waals surface area contributed by atoms with Crippen molar-refractivity contribution in [3.05, 3.63) is 34.9 Å². The molecule has 0 aliphatic carbocycles. The van der Waals surface area contributed by atoms with Gasteiger partial charge >= 0.3 is 0 Å². The molecule has 1 fully saturated rings. The number of nitrogens with one attached hydrogen (secondary N) is 2. The monoisotopic (exact) mass is 296 g/mol. The van der Waals surface area contributed by atoms with Crippen molar-refractivity contribution < 1.29 is 0 Å². The molecule has 1 aromatic rings. The van der Waals surface area contributed by atoms with Gasteiger partial charge in [-0.15, -0.1) is 24.8 Å². The predicted octanol–water partition coefficient (Wildman–Crippen LogP) is 3.03. The molecule has 5 heteroatoms. The van der Waals surface area contributed by atoms with E-state index >= 15 is 0 Å². The van der Waals surface area contributed by atoms with E-state index in [0.29, 0.717) is 6.04 Å². The fourth-order valence-corrected chi connectivity index (χ4v) is 2.02. The zero-order chi connectivity index (χ0) is 10.5. The van der Waals surface area contributed by atoms with Crippen LogP contribution in [0.15, 0.2) is 24.3 Å². The standard InChI is InChI=1S/C12H17ClN2.2ClH/c13-11-3-1-10(2-4-11)9-15-12-5-7-14-8-6-12;;/h1-4,12,14-15H,5-9H2;2*1H. The topological polar surface area (TPSA) is 24.1 Å². The van der Waals surface area contributed by atoms with Gasteiger partial charge in [-0.1, -0.05) is 23.7 Å². The Labute approximate surface area is 120 Å². The van der Waals surface area contributed by atoms with Gasteiger partial charge in [0.1, 0.15) is 0 Å². The SMILES string of the molecule is Cl.Cl.Clc1ccc(CNC2CCNCC2)cc1. The number of benzene rings is 1. The zero-order valence-electron chi connectivity index (χ0n) is 9.62. The Kier molecular flexibility index (Phi) is 9.01. The highest BCUT2D eigenvalue weighted by molar-refractivity contribution is 6.30. The van der Waals surface area contributed by atoms with Gasteiger partial charge < -0.3 is 10.6 Å². The number of halogens is 3. The van der Waals surface area contributed by atoms with Crippen LogP contribution in [-0.2, 0) is 6.54 Å². The summed E-state index contributed by atoms with van der Waals surface area (Å²) in [7, 11) is 0. The van der Waals surface area contributed by atoms with E-state index in [2.05, 4.69) is 22.8 Å². The second-order valence-electron chi connectivity index (χ2n) is 4.03. The molecule has 1 aromatic carbocycles. The smallest absolute Gasteiger partial charge is 0.0406 e. The Morgan fingerprint density at radius 1 is 1.12 bits per heavy atom. The van der Waals surface area contributed by atoms with Crippen molar-refractivity contribution in [2.24, 2.45) is 0 Å². The van der Waals surface area contributed by atoms with Gasteiger partial charge in [0.25, 0.3) is 0 Å². The summed E-state index contributed by atoms with van der Waals surface area (Å²) < 4.78 is 0. The Balaban J connectivity index is 0.00000128. The van der Waals surface area contributed by atoms with Crippen LogP contribution in [0.5, 0.6) is 0 Å². The lowest BCUT2D eigenvalue weighted by atomic mass is 10.1. The molecule has 2 rings (SSSR count). The normalized spacial score (nSPS) is 15.8. The van der Waals surface area contributed by atoms with Crippen LogP contribution in [0.2, 0.25) is 5.02 Å². The van der Waals surface area contributed by atoms with Gasteiger partial charge in [0.2, 0.25) is 0 Å². The Morgan fingerprint density at radius 2 is 1.71 bits per heavy atom. The minimum atomic E-state index is 0. The van der Waals surface area contributed by atoms with Crippen molar-refractivity contribution >= 4 is 36.4 Å². The molecule has 0 atom stereocenters. The summed E-state index contributed by atoms with van der Waals surface area (Å²) in [5.41, 5.74) is 1.30. The first-order valence-electron chi connectivity index (χ1n) is 5.53. The lowest BCUT2D eigenvalue weighted by Gasteiger charge is -2.23. The summed E-state index contributed by atoms with van der Waals surface area (Å²) in [5, 5.41) is 7.74. The number of piperidine rings is 1. The van der Waals surface area contributed by atoms with Crippen molar-refractivity contribution in [2.45, 2.75) is 25.4 Å². The van der Waals surface area contributed by atoms with Gasteiger partial charge in [0.05, 0.1) is 0 Å². The maximum atomic E-state index is 5.83. The number of rotatable bonds is 3. The molecule has 2 N–H and O–H groups in total. The first-order valence-corrected chi connectivity index (χ1v) is 5.91. The molecule has 1 saturated heterocycles. The fraction of sp³-hybridized carbons (Fsp3) is 0.500. The van der Waals surface area contributed by atoms with Gasteiger partial charge in [-0.3, -0.25) is 0 Å². The molecule has 0 amide bonds. The molecule has 1 heterocycles. The summed E-state index contributed by atoms with van der Waals surface area (Å²) in [4.78, 5) is 0. The van der Waals surface area contributed by atoms with Crippen molar-refractivity contribution in [3.8, 4) is 0 Å². The largest absolute Gasteiger partial charge is 0.317 e. The molecule has 0 bridgehead atoms. The highest BCUT2D eigenvalue weighted by Gasteiger charge is 2.11. The fourth-order valence-electron chi connectivity index (χ4n) is 1.89. The molecular formula is C12H19Cl3N2. The van der Waals surface area contributed by atoms with E-state index in [1.165, 1.54) is 18.4 Å². The average molecular weight is 298 g/mol. The average Bonchev–Trinajstić information content (AvgIpc) is 2.30. The molecular weight excluding hydrogens is 279 g/mol. The molecule has 98 valence electrons. The number of hydrogen-bond donors (Lipinski definition) is 2. The zero-order valence-corrected chi connectivity index (χ0v) is 12.0. The van der Waals surface area contributed by atoms with Gasteiger partial charge in [-0.25, -0.2) is 0 Å². The van der Waals surface area contributed by atoms with Gasteiger partial charge in [0, 0.05) is 17.6 Å². The van der Waals surface area contributed by atoms with E-state index in [1.807, 2.05) is 12.1 Å². The van der Waals surface area contributed by atoms with E-state index in [0.717, 1.165) is 24.7 Å². The van der Waals surface area contributed by atoms with Gasteiger partial charge in [0.15, 0.2) is 0 Å². The molecule has 0 saturated carbocycles. The van der Waals surface area contributed by atoms with Crippen molar-refractivity contribution in [2.75, 3.05) is 13.1 Å². The van der Waals surface area contributed by atoms with E-state index in [1.54, 1.807) is 0 Å². The van der Waals surface area contributed by atoms with Gasteiger partial charge in [-0.2, -0.15) is 0 Å². The van der Waals surface area contributed by atoms with E-state index in [4.69, 9.17) is 11.6 Å². The van der Waals surface area contributed by atoms with Crippen LogP contribution < -0.4 is 10.6 Å². The van der Waals surface area contributed by atoms with Gasteiger partial charge in [-0.05, 0) is 43.6 Å². The maximum absolute atomic E-state index is 5.83. The third-order valence-corrected chi connectivity index (χ3v) is 3.10. The van der Waals surface area contributed by atoms with Crippen LogP contribution in [0.4, 0.5) is 0 Å². The van der Waals surface area contributed by atoms with E-state index in [9.17, 15) is 0 Å². The summed E-state index contributed by atoms with van der Waals surface area (Å²) in [5.74, 6) is 0. The van der Waals surface area contributed by atoms with Crippen molar-refractivity contribution in [3.63, 3.8) is 0 Å². The Hall–Kier alpha value is 0.01000. The molecule has 1 aliphatic heterocycles. The maximum Gasteiger partial charge on any atom is 0.0406 e. The quantitative estimate of drug-likeness (QED) is 0.896. The lowest BCUT2D eigenvalue weighted by molar-refractivity contribution is 0.386. The molecule has 2 nitrogen and oxygen atoms in total. The van der Waals surface area contributed by atoms with Crippen LogP contribution in [0.3, 0.4) is 0 Å². The third kappa shape index (κ3) is 5.94. The van der Waals surface area contributed by atoms with Crippen LogP contribution in [0, 0.1) is 0 Å². The molecule has 0 radical (unpaired) electrons. The molecule has 0 unspecified atom stereocenters. The van der Waals surface area contributed by atoms with E-state index < -0.39 is 0 Å². The minimum absolute atomic E-state index is 0. The van der Waals surface area contributed by atoms with Crippen molar-refractivity contribution in [1.82, 2.24) is 10.6 Å². The van der Waals surface area contributed by atoms with Crippen LogP contribution in [0.25, 0.3) is 0 Å². The highest BCUT2D eigenvalue weighted by atomic mass is 35.5. The Morgan fingerprint density at radius 3 is 2.29 bits per heavy atom. The van der Waals surface area contributed by atoms with Crippen LogP contribution in [0.1, 0.15) is 18.4 Å². The van der Waals surface area contributed by atoms with Crippen LogP contribution in [-0.4, -0.2) is 19.1 Å². The third-order valence-electron chi connectivity index (χ3n) is 2.85. The first-order chi connectivity index (χ1) is 7.34. The van der Waals surface area contributed by atoms with Crippen molar-refractivity contribution in [1.29, 1.82) is 0 Å². The summed E-state index contributed by atoms with van der Waals surface area (Å²) in [6.07, 6.45) is 2.46. The van der Waals surface area contributed by atoms with E-state index in [-0.39, 0.29) is 24.8 Å². The summed E-state index contributed by atoms with van der Waals surface area (Å²) >= 11 is 5.83. The Bertz CT molecular complexity index is 297. The second-order valence-corrected chi connectivity index (χ2v) is 4.47. The summed E-state index contributed by atoms with van der Waals surface area (Å²) in [6.45, 7) is 3.22. The molecule has 17 heavy (non-hydrogen) atoms. The predicted molar refractivity (Wildman–Crippen MR) is 78.7 cm³/mol. The molecule has 1 aliphatic rings. The first kappa shape index (κ1) is 17.0. The second kappa shape index (κ2) is 9.01. The summed E-state index contributed by atoms with van der Waals surface area (Å²) in [6, 6.07) is 8.72.